The second-order valence-electron chi connectivity index (χ2n) is 3.74. The summed E-state index contributed by atoms with van der Waals surface area (Å²) in [7, 11) is -3.15. The Balaban J connectivity index is 2.04. The van der Waals surface area contributed by atoms with Gasteiger partial charge in [-0.25, -0.2) is 8.42 Å². The summed E-state index contributed by atoms with van der Waals surface area (Å²) < 4.78 is 22.3. The number of sulfone groups is 1. The summed E-state index contributed by atoms with van der Waals surface area (Å²) in [6.07, 6.45) is 1.48. The zero-order valence-corrected chi connectivity index (χ0v) is 10.3. The van der Waals surface area contributed by atoms with E-state index in [4.69, 9.17) is 11.6 Å². The fraction of sp³-hybridized carbons (Fsp3) is 0.182. The second-order valence-corrected chi connectivity index (χ2v) is 6.11. The van der Waals surface area contributed by atoms with Gasteiger partial charge in [-0.1, -0.05) is 11.6 Å². The Labute approximate surface area is 104 Å². The summed E-state index contributed by atoms with van der Waals surface area (Å²) in [6, 6.07) is 5.94. The lowest BCUT2D eigenvalue weighted by Crippen LogP contribution is -2.35. The van der Waals surface area contributed by atoms with Gasteiger partial charge in [-0.3, -0.25) is 4.79 Å². The summed E-state index contributed by atoms with van der Waals surface area (Å²) in [4.78, 5) is 11.7. The van der Waals surface area contributed by atoms with Crippen LogP contribution in [0, 0.1) is 0 Å². The van der Waals surface area contributed by atoms with Crippen LogP contribution in [-0.4, -0.2) is 26.1 Å². The minimum atomic E-state index is -3.15. The molecule has 0 bridgehead atoms. The predicted octanol–water partition coefficient (Wildman–Crippen LogP) is 1.38. The molecule has 1 aromatic rings. The highest BCUT2D eigenvalue weighted by Gasteiger charge is 2.23. The third-order valence-corrected chi connectivity index (χ3v) is 4.00. The summed E-state index contributed by atoms with van der Waals surface area (Å²) in [5.74, 6) is -0.389. The molecule has 1 heterocycles. The van der Waals surface area contributed by atoms with Crippen LogP contribution in [0.5, 0.6) is 0 Å². The number of rotatable bonds is 2. The monoisotopic (exact) mass is 271 g/mol. The molecule has 17 heavy (non-hydrogen) atoms. The lowest BCUT2D eigenvalue weighted by molar-refractivity contribution is 0.0947. The van der Waals surface area contributed by atoms with Gasteiger partial charge in [-0.15, -0.1) is 0 Å². The van der Waals surface area contributed by atoms with Crippen molar-refractivity contribution >= 4 is 27.3 Å². The molecule has 6 heteroatoms. The van der Waals surface area contributed by atoms with Crippen LogP contribution in [-0.2, 0) is 9.84 Å². The van der Waals surface area contributed by atoms with Gasteiger partial charge in [0.15, 0.2) is 9.84 Å². The van der Waals surface area contributed by atoms with E-state index in [9.17, 15) is 13.2 Å². The second kappa shape index (κ2) is 4.50. The molecule has 90 valence electrons. The smallest absolute Gasteiger partial charge is 0.251 e. The number of carbonyl (C=O) groups is 1. The minimum absolute atomic E-state index is 0.0771. The zero-order valence-electron chi connectivity index (χ0n) is 8.76. The number of hydrogen-bond acceptors (Lipinski definition) is 3. The fourth-order valence-electron chi connectivity index (χ4n) is 1.52. The number of hydrogen-bond donors (Lipinski definition) is 1. The molecule has 1 atom stereocenters. The SMILES string of the molecule is O=C(N[C@H]1C=CS(=O)(=O)C1)c1ccc(Cl)cc1. The molecule has 0 spiro atoms. The van der Waals surface area contributed by atoms with Crippen molar-refractivity contribution in [3.8, 4) is 0 Å². The molecule has 0 aromatic heterocycles. The maximum Gasteiger partial charge on any atom is 0.251 e. The Bertz CT molecular complexity index is 563. The van der Waals surface area contributed by atoms with Crippen molar-refractivity contribution in [2.75, 3.05) is 5.75 Å². The number of halogens is 1. The largest absolute Gasteiger partial charge is 0.345 e. The van der Waals surface area contributed by atoms with Gasteiger partial charge in [0.05, 0.1) is 11.8 Å². The maximum atomic E-state index is 11.7. The average molecular weight is 272 g/mol. The van der Waals surface area contributed by atoms with Crippen LogP contribution < -0.4 is 5.32 Å². The lowest BCUT2D eigenvalue weighted by Gasteiger charge is -2.09. The number of carbonyl (C=O) groups excluding carboxylic acids is 1. The van der Waals surface area contributed by atoms with Gasteiger partial charge < -0.3 is 5.32 Å². The van der Waals surface area contributed by atoms with Crippen LogP contribution in [0.15, 0.2) is 35.7 Å². The van der Waals surface area contributed by atoms with Gasteiger partial charge in [0.1, 0.15) is 0 Å². The van der Waals surface area contributed by atoms with Crippen LogP contribution in [0.25, 0.3) is 0 Å². The molecule has 1 aromatic carbocycles. The van der Waals surface area contributed by atoms with Crippen molar-refractivity contribution < 1.29 is 13.2 Å². The Kier molecular flexibility index (Phi) is 3.22. The standard InChI is InChI=1S/C11H10ClNO3S/c12-9-3-1-8(2-4-9)11(14)13-10-5-6-17(15,16)7-10/h1-6,10H,7H2,(H,13,14)/t10-/m0/s1. The first-order valence-electron chi connectivity index (χ1n) is 4.94. The molecule has 0 radical (unpaired) electrons. The van der Waals surface area contributed by atoms with Crippen molar-refractivity contribution in [1.82, 2.24) is 5.32 Å². The molecule has 2 rings (SSSR count). The van der Waals surface area contributed by atoms with E-state index < -0.39 is 15.9 Å². The van der Waals surface area contributed by atoms with Crippen LogP contribution in [0.3, 0.4) is 0 Å². The van der Waals surface area contributed by atoms with Crippen LogP contribution in [0.1, 0.15) is 10.4 Å². The molecule has 0 saturated carbocycles. The van der Waals surface area contributed by atoms with Gasteiger partial charge in [-0.2, -0.15) is 0 Å². The topological polar surface area (TPSA) is 63.2 Å². The van der Waals surface area contributed by atoms with Gasteiger partial charge in [0, 0.05) is 16.0 Å². The molecular formula is C11H10ClNO3S. The van der Waals surface area contributed by atoms with Gasteiger partial charge in [0.2, 0.25) is 0 Å². The average Bonchev–Trinajstić information content (AvgIpc) is 2.59. The van der Waals surface area contributed by atoms with Gasteiger partial charge in [-0.05, 0) is 30.3 Å². The molecule has 0 saturated heterocycles. The fourth-order valence-corrected chi connectivity index (χ4v) is 2.88. The highest BCUT2D eigenvalue weighted by Crippen LogP contribution is 2.11. The molecule has 1 amide bonds. The van der Waals surface area contributed by atoms with E-state index in [2.05, 4.69) is 5.32 Å². The maximum absolute atomic E-state index is 11.7. The quantitative estimate of drug-likeness (QED) is 0.884. The van der Waals surface area contributed by atoms with Gasteiger partial charge >= 0.3 is 0 Å². The summed E-state index contributed by atoms with van der Waals surface area (Å²) >= 11 is 5.70. The van der Waals surface area contributed by atoms with E-state index in [-0.39, 0.29) is 11.7 Å². The van der Waals surface area contributed by atoms with E-state index in [1.165, 1.54) is 6.08 Å². The normalized spacial score (nSPS) is 21.4. The van der Waals surface area contributed by atoms with E-state index in [0.717, 1.165) is 5.41 Å². The van der Waals surface area contributed by atoms with Crippen LogP contribution >= 0.6 is 11.6 Å². The zero-order chi connectivity index (χ0) is 12.5. The first-order valence-corrected chi connectivity index (χ1v) is 7.03. The molecule has 4 nitrogen and oxygen atoms in total. The Morgan fingerprint density at radius 3 is 2.47 bits per heavy atom. The summed E-state index contributed by atoms with van der Waals surface area (Å²) in [5, 5.41) is 4.29. The van der Waals surface area contributed by atoms with Crippen molar-refractivity contribution in [3.05, 3.63) is 46.3 Å². The van der Waals surface area contributed by atoms with Crippen LogP contribution in [0.2, 0.25) is 5.02 Å². The van der Waals surface area contributed by atoms with E-state index in [1.54, 1.807) is 24.3 Å². The van der Waals surface area contributed by atoms with E-state index in [0.29, 0.717) is 10.6 Å². The van der Waals surface area contributed by atoms with Gasteiger partial charge in [0.25, 0.3) is 5.91 Å². The molecule has 0 unspecified atom stereocenters. The number of amides is 1. The highest BCUT2D eigenvalue weighted by atomic mass is 35.5. The molecule has 0 aliphatic carbocycles. The predicted molar refractivity (Wildman–Crippen MR) is 65.6 cm³/mol. The minimum Gasteiger partial charge on any atom is -0.345 e. The first-order chi connectivity index (χ1) is 7.96. The first kappa shape index (κ1) is 12.1. The van der Waals surface area contributed by atoms with Crippen molar-refractivity contribution in [2.45, 2.75) is 6.04 Å². The highest BCUT2D eigenvalue weighted by molar-refractivity contribution is 7.94. The summed E-state index contributed by atoms with van der Waals surface area (Å²) in [5.41, 5.74) is 0.451. The number of nitrogens with one attached hydrogen (secondary N) is 1. The summed E-state index contributed by atoms with van der Waals surface area (Å²) in [6.45, 7) is 0. The van der Waals surface area contributed by atoms with E-state index in [1.807, 2.05) is 0 Å². The Morgan fingerprint density at radius 1 is 1.29 bits per heavy atom. The third-order valence-electron chi connectivity index (χ3n) is 2.35. The Morgan fingerprint density at radius 2 is 1.94 bits per heavy atom. The molecular weight excluding hydrogens is 262 g/mol. The molecule has 1 N–H and O–H groups in total. The molecule has 1 aliphatic heterocycles. The molecule has 0 fully saturated rings. The molecule has 1 aliphatic rings. The van der Waals surface area contributed by atoms with E-state index >= 15 is 0 Å². The number of benzene rings is 1. The third kappa shape index (κ3) is 3.08. The van der Waals surface area contributed by atoms with Crippen molar-refractivity contribution in [3.63, 3.8) is 0 Å². The van der Waals surface area contributed by atoms with Crippen molar-refractivity contribution in [2.24, 2.45) is 0 Å². The van der Waals surface area contributed by atoms with Crippen LogP contribution in [0.4, 0.5) is 0 Å². The van der Waals surface area contributed by atoms with Crippen molar-refractivity contribution in [1.29, 1.82) is 0 Å². The Hall–Kier alpha value is -1.33. The lowest BCUT2D eigenvalue weighted by atomic mass is 10.2.